The lowest BCUT2D eigenvalue weighted by Gasteiger charge is -2.00. The van der Waals surface area contributed by atoms with Gasteiger partial charge >= 0.3 is 0 Å². The van der Waals surface area contributed by atoms with E-state index in [0.717, 1.165) is 21.1 Å². The van der Waals surface area contributed by atoms with Crippen molar-refractivity contribution in [3.63, 3.8) is 0 Å². The number of halogens is 1. The summed E-state index contributed by atoms with van der Waals surface area (Å²) < 4.78 is 2.50. The second-order valence-electron chi connectivity index (χ2n) is 4.88. The summed E-state index contributed by atoms with van der Waals surface area (Å²) in [4.78, 5) is 20.4. The average molecular weight is 328 g/mol. The molecule has 0 atom stereocenters. The molecule has 20 heavy (non-hydrogen) atoms. The molecule has 4 rings (SSSR count). The van der Waals surface area contributed by atoms with Crippen molar-refractivity contribution in [3.05, 3.63) is 56.8 Å². The zero-order valence-electron chi connectivity index (χ0n) is 10.6. The summed E-state index contributed by atoms with van der Waals surface area (Å²) in [5, 5.41) is 0.610. The molecule has 2 aromatic carbocycles. The van der Waals surface area contributed by atoms with Gasteiger partial charge in [0.25, 0.3) is 5.56 Å². The maximum atomic E-state index is 12.7. The van der Waals surface area contributed by atoms with Crippen LogP contribution in [-0.2, 0) is 0 Å². The number of hydrogen-bond acceptors (Lipinski definition) is 2. The van der Waals surface area contributed by atoms with Gasteiger partial charge in [-0.3, -0.25) is 4.79 Å². The number of aryl methyl sites for hydroxylation is 1. The topological polar surface area (TPSA) is 50.2 Å². The lowest BCUT2D eigenvalue weighted by Crippen LogP contribution is -2.13. The van der Waals surface area contributed by atoms with Gasteiger partial charge in [0, 0.05) is 4.47 Å². The van der Waals surface area contributed by atoms with E-state index >= 15 is 0 Å². The van der Waals surface area contributed by atoms with Crippen LogP contribution in [0.25, 0.3) is 27.7 Å². The van der Waals surface area contributed by atoms with E-state index < -0.39 is 0 Å². The van der Waals surface area contributed by atoms with Crippen LogP contribution in [0.5, 0.6) is 0 Å². The fraction of sp³-hybridized carbons (Fsp3) is 0.0667. The van der Waals surface area contributed by atoms with Gasteiger partial charge in [0.15, 0.2) is 0 Å². The van der Waals surface area contributed by atoms with E-state index in [1.807, 2.05) is 43.3 Å². The van der Waals surface area contributed by atoms with E-state index in [0.29, 0.717) is 16.7 Å². The first-order chi connectivity index (χ1) is 9.63. The summed E-state index contributed by atoms with van der Waals surface area (Å²) in [6.45, 7) is 2.02. The van der Waals surface area contributed by atoms with Crippen molar-refractivity contribution in [2.45, 2.75) is 6.92 Å². The van der Waals surface area contributed by atoms with Crippen molar-refractivity contribution < 1.29 is 0 Å². The van der Waals surface area contributed by atoms with E-state index in [2.05, 4.69) is 25.9 Å². The Morgan fingerprint density at radius 1 is 1.20 bits per heavy atom. The van der Waals surface area contributed by atoms with E-state index in [9.17, 15) is 4.79 Å². The second-order valence-corrected chi connectivity index (χ2v) is 5.80. The van der Waals surface area contributed by atoms with Gasteiger partial charge < -0.3 is 4.98 Å². The van der Waals surface area contributed by atoms with Gasteiger partial charge in [0.2, 0.25) is 5.78 Å². The number of imidazole rings is 1. The molecule has 4 aromatic rings. The minimum Gasteiger partial charge on any atom is -0.323 e. The highest BCUT2D eigenvalue weighted by Crippen LogP contribution is 2.19. The maximum Gasteiger partial charge on any atom is 0.267 e. The Hall–Kier alpha value is -2.14. The highest BCUT2D eigenvalue weighted by molar-refractivity contribution is 9.10. The Kier molecular flexibility index (Phi) is 2.29. The van der Waals surface area contributed by atoms with Crippen LogP contribution in [0.1, 0.15) is 5.56 Å². The van der Waals surface area contributed by atoms with E-state index in [-0.39, 0.29) is 5.56 Å². The van der Waals surface area contributed by atoms with Gasteiger partial charge in [-0.2, -0.15) is 0 Å². The predicted octanol–water partition coefficient (Wildman–Crippen LogP) is 3.40. The number of aromatic nitrogens is 3. The zero-order valence-corrected chi connectivity index (χ0v) is 12.2. The molecule has 0 bridgehead atoms. The number of nitrogens with one attached hydrogen (secondary N) is 1. The van der Waals surface area contributed by atoms with Crippen LogP contribution in [0.2, 0.25) is 0 Å². The van der Waals surface area contributed by atoms with Crippen LogP contribution in [0, 0.1) is 6.92 Å². The quantitative estimate of drug-likeness (QED) is 0.538. The molecular weight excluding hydrogens is 318 g/mol. The van der Waals surface area contributed by atoms with Crippen molar-refractivity contribution >= 4 is 43.6 Å². The standard InChI is InChI=1S/C15H10BrN3O/c1-8-2-5-13-12(6-8)18-15-17-11-4-3-9(16)7-10(11)14(20)19(13)15/h2-7H,1H3,(H,17,18). The number of fused-ring (bicyclic) bond motifs is 4. The van der Waals surface area contributed by atoms with Gasteiger partial charge in [-0.05, 0) is 42.8 Å². The molecule has 0 aliphatic rings. The number of nitrogens with zero attached hydrogens (tertiary/aromatic N) is 2. The van der Waals surface area contributed by atoms with Crippen LogP contribution in [0.3, 0.4) is 0 Å². The number of hydrogen-bond donors (Lipinski definition) is 1. The Morgan fingerprint density at radius 2 is 2.05 bits per heavy atom. The smallest absolute Gasteiger partial charge is 0.267 e. The van der Waals surface area contributed by atoms with Crippen LogP contribution >= 0.6 is 15.9 Å². The SMILES string of the molecule is Cc1ccc2c(c1)[nH]c1nc3ccc(Br)cc3c(=O)n12. The summed E-state index contributed by atoms with van der Waals surface area (Å²) in [6.07, 6.45) is 0. The normalized spacial score (nSPS) is 11.7. The van der Waals surface area contributed by atoms with Crippen molar-refractivity contribution in [1.82, 2.24) is 14.4 Å². The van der Waals surface area contributed by atoms with E-state index in [4.69, 9.17) is 0 Å². The summed E-state index contributed by atoms with van der Waals surface area (Å²) in [5.41, 5.74) is 3.56. The number of rotatable bonds is 0. The highest BCUT2D eigenvalue weighted by atomic mass is 79.9. The van der Waals surface area contributed by atoms with Crippen LogP contribution in [0.15, 0.2) is 45.7 Å². The Bertz CT molecular complexity index is 1050. The third-order valence-corrected chi connectivity index (χ3v) is 3.96. The molecular formula is C15H10BrN3O. The lowest BCUT2D eigenvalue weighted by atomic mass is 10.2. The third-order valence-electron chi connectivity index (χ3n) is 3.47. The molecule has 0 saturated heterocycles. The molecule has 4 nitrogen and oxygen atoms in total. The first-order valence-electron chi connectivity index (χ1n) is 6.24. The molecule has 0 spiro atoms. The summed E-state index contributed by atoms with van der Waals surface area (Å²) in [7, 11) is 0. The maximum absolute atomic E-state index is 12.7. The average Bonchev–Trinajstić information content (AvgIpc) is 2.77. The first-order valence-corrected chi connectivity index (χ1v) is 7.03. The molecule has 0 aliphatic carbocycles. The molecule has 2 aromatic heterocycles. The molecule has 5 heteroatoms. The van der Waals surface area contributed by atoms with Gasteiger partial charge in [-0.1, -0.05) is 22.0 Å². The number of H-pyrrole nitrogens is 1. The van der Waals surface area contributed by atoms with Gasteiger partial charge in [0.05, 0.1) is 21.9 Å². The zero-order chi connectivity index (χ0) is 13.9. The molecule has 98 valence electrons. The lowest BCUT2D eigenvalue weighted by molar-refractivity contribution is 1.12. The first kappa shape index (κ1) is 11.7. The van der Waals surface area contributed by atoms with E-state index in [1.54, 1.807) is 4.40 Å². The molecule has 1 N–H and O–H groups in total. The van der Waals surface area contributed by atoms with Gasteiger partial charge in [0.1, 0.15) is 0 Å². The summed E-state index contributed by atoms with van der Waals surface area (Å²) in [6, 6.07) is 11.5. The Balaban J connectivity index is 2.30. The number of benzene rings is 2. The van der Waals surface area contributed by atoms with Crippen molar-refractivity contribution in [3.8, 4) is 0 Å². The molecule has 0 amide bonds. The highest BCUT2D eigenvalue weighted by Gasteiger charge is 2.11. The van der Waals surface area contributed by atoms with Crippen LogP contribution in [0.4, 0.5) is 0 Å². The monoisotopic (exact) mass is 327 g/mol. The third kappa shape index (κ3) is 1.53. The molecule has 0 unspecified atom stereocenters. The Morgan fingerprint density at radius 3 is 2.90 bits per heavy atom. The molecule has 0 aliphatic heterocycles. The van der Waals surface area contributed by atoms with Crippen LogP contribution in [-0.4, -0.2) is 14.4 Å². The molecule has 0 fully saturated rings. The van der Waals surface area contributed by atoms with Crippen molar-refractivity contribution in [1.29, 1.82) is 0 Å². The molecule has 0 radical (unpaired) electrons. The number of aromatic amines is 1. The van der Waals surface area contributed by atoms with E-state index in [1.165, 1.54) is 0 Å². The second kappa shape index (κ2) is 3.93. The summed E-state index contributed by atoms with van der Waals surface area (Å²) >= 11 is 3.40. The largest absolute Gasteiger partial charge is 0.323 e. The fourth-order valence-electron chi connectivity index (χ4n) is 2.53. The Labute approximate surface area is 122 Å². The fourth-order valence-corrected chi connectivity index (χ4v) is 2.89. The minimum absolute atomic E-state index is 0.0543. The minimum atomic E-state index is -0.0543. The van der Waals surface area contributed by atoms with Gasteiger partial charge in [-0.25, -0.2) is 9.38 Å². The molecule has 0 saturated carbocycles. The molecule has 2 heterocycles. The van der Waals surface area contributed by atoms with Crippen LogP contribution < -0.4 is 5.56 Å². The van der Waals surface area contributed by atoms with Crippen molar-refractivity contribution in [2.24, 2.45) is 0 Å². The van der Waals surface area contributed by atoms with Crippen molar-refractivity contribution in [2.75, 3.05) is 0 Å². The predicted molar refractivity (Wildman–Crippen MR) is 83.3 cm³/mol. The summed E-state index contributed by atoms with van der Waals surface area (Å²) in [5.74, 6) is 0.574. The van der Waals surface area contributed by atoms with Gasteiger partial charge in [-0.15, -0.1) is 0 Å².